The van der Waals surface area contributed by atoms with Crippen LogP contribution in [-0.2, 0) is 6.42 Å². The highest BCUT2D eigenvalue weighted by Crippen LogP contribution is 2.22. The minimum atomic E-state index is -0.253. The van der Waals surface area contributed by atoms with E-state index in [1.165, 1.54) is 17.0 Å². The van der Waals surface area contributed by atoms with Crippen LogP contribution < -0.4 is 10.6 Å². The number of carbonyl (C=O) groups is 2. The average Bonchev–Trinajstić information content (AvgIpc) is 3.31. The van der Waals surface area contributed by atoms with E-state index in [1.54, 1.807) is 37.4 Å². The smallest absolute Gasteiger partial charge is 0.261 e. The number of aliphatic imine (C=N–C) groups is 1. The Morgan fingerprint density at radius 2 is 1.75 bits per heavy atom. The number of H-pyrrole nitrogens is 1. The molecule has 0 atom stereocenters. The molecule has 0 radical (unpaired) electrons. The van der Waals surface area contributed by atoms with E-state index in [-0.39, 0.29) is 17.6 Å². The third kappa shape index (κ3) is 4.49. The number of unbranched alkanes of at least 4 members (excludes halogenated alkanes) is 1. The first kappa shape index (κ1) is 21.5. The van der Waals surface area contributed by atoms with Gasteiger partial charge in [0.15, 0.2) is 5.96 Å². The maximum Gasteiger partial charge on any atom is 0.261 e. The molecule has 166 valence electrons. The summed E-state index contributed by atoms with van der Waals surface area (Å²) in [5.41, 5.74) is 2.88. The van der Waals surface area contributed by atoms with Crippen LogP contribution in [0.4, 0.5) is 4.39 Å². The molecule has 0 spiro atoms. The number of amides is 2. The fraction of sp³-hybridized carbons (Fsp3) is 0.292. The van der Waals surface area contributed by atoms with E-state index in [0.717, 1.165) is 29.3 Å². The Morgan fingerprint density at radius 1 is 1.03 bits per heavy atom. The van der Waals surface area contributed by atoms with Gasteiger partial charge in [0.2, 0.25) is 0 Å². The van der Waals surface area contributed by atoms with Gasteiger partial charge in [-0.3, -0.25) is 19.5 Å². The van der Waals surface area contributed by atoms with Crippen molar-refractivity contribution in [3.8, 4) is 0 Å². The standard InChI is InChI=1S/C24H26FN5O2/c1-26-24(28-12-10-16-15-29-21-14-17(25)8-9-18(16)21)27-11-4-5-13-30-22(31)19-6-2-3-7-20(19)23(30)32/h2-3,6-9,14-15,29H,4-5,10-13H2,1H3,(H2,26,27,28). The highest BCUT2D eigenvalue weighted by atomic mass is 19.1. The highest BCUT2D eigenvalue weighted by Gasteiger charge is 2.34. The van der Waals surface area contributed by atoms with Crippen molar-refractivity contribution >= 4 is 28.7 Å². The summed E-state index contributed by atoms with van der Waals surface area (Å²) >= 11 is 0. The van der Waals surface area contributed by atoms with Crippen molar-refractivity contribution in [2.24, 2.45) is 4.99 Å². The molecule has 3 aromatic rings. The lowest BCUT2D eigenvalue weighted by Gasteiger charge is -2.15. The van der Waals surface area contributed by atoms with Crippen LogP contribution in [0, 0.1) is 5.82 Å². The summed E-state index contributed by atoms with van der Waals surface area (Å²) in [6, 6.07) is 11.7. The van der Waals surface area contributed by atoms with Gasteiger partial charge < -0.3 is 15.6 Å². The molecule has 32 heavy (non-hydrogen) atoms. The number of aromatic amines is 1. The van der Waals surface area contributed by atoms with E-state index in [0.29, 0.717) is 43.1 Å². The van der Waals surface area contributed by atoms with Gasteiger partial charge in [0.1, 0.15) is 5.82 Å². The van der Waals surface area contributed by atoms with Crippen LogP contribution in [0.1, 0.15) is 39.1 Å². The lowest BCUT2D eigenvalue weighted by Crippen LogP contribution is -2.39. The van der Waals surface area contributed by atoms with Crippen LogP contribution in [0.5, 0.6) is 0 Å². The number of imide groups is 1. The van der Waals surface area contributed by atoms with Crippen molar-refractivity contribution < 1.29 is 14.0 Å². The molecule has 2 amide bonds. The zero-order chi connectivity index (χ0) is 22.5. The number of nitrogens with one attached hydrogen (secondary N) is 3. The van der Waals surface area contributed by atoms with Crippen LogP contribution in [0.25, 0.3) is 10.9 Å². The summed E-state index contributed by atoms with van der Waals surface area (Å²) < 4.78 is 13.3. The second kappa shape index (κ2) is 9.64. The minimum Gasteiger partial charge on any atom is -0.361 e. The molecular weight excluding hydrogens is 409 g/mol. The number of rotatable bonds is 8. The fourth-order valence-corrected chi connectivity index (χ4v) is 3.95. The summed E-state index contributed by atoms with van der Waals surface area (Å²) in [6.07, 6.45) is 4.18. The maximum absolute atomic E-state index is 13.3. The molecule has 1 aliphatic heterocycles. The molecule has 8 heteroatoms. The molecule has 0 saturated heterocycles. The Bertz CT molecular complexity index is 1140. The summed E-state index contributed by atoms with van der Waals surface area (Å²) in [5, 5.41) is 7.54. The third-order valence-corrected chi connectivity index (χ3v) is 5.62. The lowest BCUT2D eigenvalue weighted by atomic mass is 10.1. The number of fused-ring (bicyclic) bond motifs is 2. The monoisotopic (exact) mass is 435 g/mol. The van der Waals surface area contributed by atoms with Crippen molar-refractivity contribution in [3.63, 3.8) is 0 Å². The first-order valence-electron chi connectivity index (χ1n) is 10.7. The molecule has 0 aliphatic carbocycles. The Morgan fingerprint density at radius 3 is 2.47 bits per heavy atom. The molecule has 1 aromatic heterocycles. The van der Waals surface area contributed by atoms with Gasteiger partial charge in [-0.1, -0.05) is 12.1 Å². The molecule has 2 heterocycles. The highest BCUT2D eigenvalue weighted by molar-refractivity contribution is 6.21. The van der Waals surface area contributed by atoms with Gasteiger partial charge in [-0.15, -0.1) is 0 Å². The van der Waals surface area contributed by atoms with E-state index in [2.05, 4.69) is 20.6 Å². The van der Waals surface area contributed by atoms with E-state index in [1.807, 2.05) is 6.20 Å². The van der Waals surface area contributed by atoms with E-state index >= 15 is 0 Å². The molecule has 2 aromatic carbocycles. The minimum absolute atomic E-state index is 0.212. The molecule has 0 bridgehead atoms. The van der Waals surface area contributed by atoms with Crippen molar-refractivity contribution in [2.75, 3.05) is 26.7 Å². The molecule has 0 saturated carbocycles. The van der Waals surface area contributed by atoms with Crippen molar-refractivity contribution in [2.45, 2.75) is 19.3 Å². The van der Waals surface area contributed by atoms with Crippen LogP contribution in [0.3, 0.4) is 0 Å². The molecule has 3 N–H and O–H groups in total. The summed E-state index contributed by atoms with van der Waals surface area (Å²) in [6.45, 7) is 1.76. The molecule has 4 rings (SSSR count). The largest absolute Gasteiger partial charge is 0.361 e. The third-order valence-electron chi connectivity index (χ3n) is 5.62. The Balaban J connectivity index is 1.17. The van der Waals surface area contributed by atoms with Crippen LogP contribution in [-0.4, -0.2) is 54.3 Å². The molecule has 0 fully saturated rings. The van der Waals surface area contributed by atoms with Gasteiger partial charge in [-0.25, -0.2) is 4.39 Å². The fourth-order valence-electron chi connectivity index (χ4n) is 3.95. The maximum atomic E-state index is 13.3. The zero-order valence-corrected chi connectivity index (χ0v) is 18.0. The predicted octanol–water partition coefficient (Wildman–Crippen LogP) is 3.09. The van der Waals surface area contributed by atoms with E-state index < -0.39 is 0 Å². The molecule has 0 unspecified atom stereocenters. The Kier molecular flexibility index (Phi) is 6.49. The molecular formula is C24H26FN5O2. The lowest BCUT2D eigenvalue weighted by molar-refractivity contribution is 0.0652. The van der Waals surface area contributed by atoms with Gasteiger partial charge in [-0.05, 0) is 55.2 Å². The predicted molar refractivity (Wildman–Crippen MR) is 122 cm³/mol. The second-order valence-corrected chi connectivity index (χ2v) is 7.69. The summed E-state index contributed by atoms with van der Waals surface area (Å²) in [5.74, 6) is 0.0142. The van der Waals surface area contributed by atoms with Gasteiger partial charge in [0.05, 0.1) is 11.1 Å². The van der Waals surface area contributed by atoms with Gasteiger partial charge in [0, 0.05) is 43.8 Å². The number of hydrogen-bond donors (Lipinski definition) is 3. The normalized spacial score (nSPS) is 13.7. The van der Waals surface area contributed by atoms with Crippen LogP contribution in [0.2, 0.25) is 0 Å². The van der Waals surface area contributed by atoms with E-state index in [4.69, 9.17) is 0 Å². The first-order chi connectivity index (χ1) is 15.6. The summed E-state index contributed by atoms with van der Waals surface area (Å²) in [4.78, 5) is 33.4. The number of hydrogen-bond acceptors (Lipinski definition) is 3. The van der Waals surface area contributed by atoms with Crippen LogP contribution >= 0.6 is 0 Å². The number of carbonyl (C=O) groups excluding carboxylic acids is 2. The quantitative estimate of drug-likeness (QED) is 0.220. The Hall–Kier alpha value is -3.68. The Labute approximate surface area is 185 Å². The van der Waals surface area contributed by atoms with Gasteiger partial charge in [0.25, 0.3) is 11.8 Å². The topological polar surface area (TPSA) is 89.6 Å². The van der Waals surface area contributed by atoms with Crippen molar-refractivity contribution in [1.82, 2.24) is 20.5 Å². The van der Waals surface area contributed by atoms with E-state index in [9.17, 15) is 14.0 Å². The van der Waals surface area contributed by atoms with Gasteiger partial charge >= 0.3 is 0 Å². The molecule has 7 nitrogen and oxygen atoms in total. The number of benzene rings is 2. The van der Waals surface area contributed by atoms with Crippen LogP contribution in [0.15, 0.2) is 53.7 Å². The first-order valence-corrected chi connectivity index (χ1v) is 10.7. The number of guanidine groups is 1. The SMILES string of the molecule is CN=C(NCCCCN1C(=O)c2ccccc2C1=O)NCCc1c[nH]c2cc(F)ccc12. The number of halogens is 1. The summed E-state index contributed by atoms with van der Waals surface area (Å²) in [7, 11) is 1.71. The van der Waals surface area contributed by atoms with Gasteiger partial charge in [-0.2, -0.15) is 0 Å². The van der Waals surface area contributed by atoms with Crippen molar-refractivity contribution in [1.29, 1.82) is 0 Å². The van der Waals surface area contributed by atoms with Crippen molar-refractivity contribution in [3.05, 3.63) is 71.2 Å². The number of nitrogens with zero attached hydrogens (tertiary/aromatic N) is 2. The number of aromatic nitrogens is 1. The molecule has 1 aliphatic rings. The second-order valence-electron chi connectivity index (χ2n) is 7.69. The average molecular weight is 436 g/mol. The zero-order valence-electron chi connectivity index (χ0n) is 18.0.